The molecule has 2 aromatic rings. The van der Waals surface area contributed by atoms with Crippen LogP contribution in [0.15, 0.2) is 48.5 Å². The van der Waals surface area contributed by atoms with Gasteiger partial charge < -0.3 is 10.0 Å². The Morgan fingerprint density at radius 2 is 1.44 bits per heavy atom. The lowest BCUT2D eigenvalue weighted by molar-refractivity contribution is 0.0314. The number of carbonyl (C=O) groups is 1. The van der Waals surface area contributed by atoms with Gasteiger partial charge in [0.2, 0.25) is 0 Å². The lowest BCUT2D eigenvalue weighted by Gasteiger charge is -2.46. The summed E-state index contributed by atoms with van der Waals surface area (Å²) in [6, 6.07) is 15.9. The molecule has 0 aromatic heterocycles. The summed E-state index contributed by atoms with van der Waals surface area (Å²) in [4.78, 5) is 15.4. The van der Waals surface area contributed by atoms with E-state index in [4.69, 9.17) is 23.2 Å². The van der Waals surface area contributed by atoms with Crippen LogP contribution in [0.2, 0.25) is 10.0 Å². The molecular weight excluding hydrogens is 383 g/mol. The van der Waals surface area contributed by atoms with Crippen LogP contribution in [0.4, 0.5) is 4.79 Å². The molecular formula is C21H24Cl2N2O2. The maximum absolute atomic E-state index is 11.5. The molecule has 1 saturated heterocycles. The average molecular weight is 407 g/mol. The third-order valence-corrected chi connectivity index (χ3v) is 5.71. The van der Waals surface area contributed by atoms with Gasteiger partial charge in [-0.05, 0) is 41.3 Å². The minimum atomic E-state index is -0.852. The molecule has 1 atom stereocenters. The summed E-state index contributed by atoms with van der Waals surface area (Å²) in [6.07, 6.45) is -0.852. The molecule has 0 aliphatic carbocycles. The number of benzene rings is 2. The van der Waals surface area contributed by atoms with E-state index in [9.17, 15) is 9.90 Å². The highest BCUT2D eigenvalue weighted by Gasteiger charge is 2.36. The van der Waals surface area contributed by atoms with Crippen molar-refractivity contribution in [1.29, 1.82) is 0 Å². The maximum Gasteiger partial charge on any atom is 0.407 e. The first-order valence-electron chi connectivity index (χ1n) is 9.11. The Balaban J connectivity index is 2.02. The third-order valence-electron chi connectivity index (χ3n) is 5.20. The first kappa shape index (κ1) is 20.0. The van der Waals surface area contributed by atoms with Crippen LogP contribution < -0.4 is 0 Å². The van der Waals surface area contributed by atoms with E-state index in [0.717, 1.165) is 11.1 Å². The van der Waals surface area contributed by atoms with Gasteiger partial charge in [-0.3, -0.25) is 4.90 Å². The fourth-order valence-corrected chi connectivity index (χ4v) is 4.03. The molecule has 0 spiro atoms. The zero-order valence-corrected chi connectivity index (χ0v) is 17.0. The average Bonchev–Trinajstić information content (AvgIpc) is 2.65. The Labute approximate surface area is 170 Å². The van der Waals surface area contributed by atoms with Crippen LogP contribution >= 0.6 is 23.2 Å². The lowest BCUT2D eigenvalue weighted by Crippen LogP contribution is -2.57. The van der Waals surface area contributed by atoms with Gasteiger partial charge in [-0.25, -0.2) is 4.79 Å². The second-order valence-corrected chi connectivity index (χ2v) is 8.16. The second kappa shape index (κ2) is 8.51. The summed E-state index contributed by atoms with van der Waals surface area (Å²) >= 11 is 12.2. The first-order chi connectivity index (χ1) is 12.9. The van der Waals surface area contributed by atoms with Crippen LogP contribution in [0.5, 0.6) is 0 Å². The number of nitrogens with zero attached hydrogens (tertiary/aromatic N) is 2. The van der Waals surface area contributed by atoms with Gasteiger partial charge in [0.15, 0.2) is 0 Å². The molecule has 0 bridgehead atoms. The fourth-order valence-electron chi connectivity index (χ4n) is 3.78. The molecule has 1 amide bonds. The molecule has 144 valence electrons. The molecule has 2 aromatic carbocycles. The van der Waals surface area contributed by atoms with Crippen molar-refractivity contribution in [2.45, 2.75) is 25.9 Å². The van der Waals surface area contributed by atoms with Crippen molar-refractivity contribution in [3.63, 3.8) is 0 Å². The van der Waals surface area contributed by atoms with Crippen LogP contribution in [0.25, 0.3) is 0 Å². The van der Waals surface area contributed by atoms with Crippen molar-refractivity contribution < 1.29 is 9.90 Å². The number of amides is 1. The van der Waals surface area contributed by atoms with Crippen molar-refractivity contribution in [2.24, 2.45) is 5.92 Å². The quantitative estimate of drug-likeness (QED) is 0.738. The Morgan fingerprint density at radius 1 is 0.963 bits per heavy atom. The number of rotatable bonds is 4. The Bertz CT molecular complexity index is 732. The standard InChI is InChI=1S/C21H24Cl2N2O2/c1-14(2)19-13-24(21(26)27)11-12-25(19)20(15-3-7-17(22)8-4-15)16-5-9-18(23)10-6-16/h3-10,14,19-20H,11-13H2,1-2H3,(H,26,27)/t19-/m0/s1. The van der Waals surface area contributed by atoms with Crippen molar-refractivity contribution in [3.8, 4) is 0 Å². The van der Waals surface area contributed by atoms with E-state index in [1.165, 1.54) is 4.90 Å². The topological polar surface area (TPSA) is 43.8 Å². The summed E-state index contributed by atoms with van der Waals surface area (Å²) in [5, 5.41) is 10.8. The minimum absolute atomic E-state index is 0.0166. The molecule has 1 aliphatic heterocycles. The van der Waals surface area contributed by atoms with Gasteiger partial charge >= 0.3 is 6.09 Å². The van der Waals surface area contributed by atoms with E-state index < -0.39 is 6.09 Å². The van der Waals surface area contributed by atoms with Gasteiger partial charge in [0.05, 0.1) is 6.04 Å². The molecule has 1 fully saturated rings. The minimum Gasteiger partial charge on any atom is -0.465 e. The second-order valence-electron chi connectivity index (χ2n) is 7.28. The Morgan fingerprint density at radius 3 is 1.85 bits per heavy atom. The monoisotopic (exact) mass is 406 g/mol. The third kappa shape index (κ3) is 4.57. The highest BCUT2D eigenvalue weighted by atomic mass is 35.5. The molecule has 1 N–H and O–H groups in total. The van der Waals surface area contributed by atoms with E-state index in [2.05, 4.69) is 18.7 Å². The van der Waals surface area contributed by atoms with Crippen molar-refractivity contribution in [3.05, 3.63) is 69.7 Å². The zero-order chi connectivity index (χ0) is 19.6. The first-order valence-corrected chi connectivity index (χ1v) is 9.87. The van der Waals surface area contributed by atoms with Crippen LogP contribution in [-0.2, 0) is 0 Å². The largest absolute Gasteiger partial charge is 0.465 e. The molecule has 0 radical (unpaired) electrons. The smallest absolute Gasteiger partial charge is 0.407 e. The van der Waals surface area contributed by atoms with Crippen LogP contribution in [0.3, 0.4) is 0 Å². The molecule has 3 rings (SSSR count). The van der Waals surface area contributed by atoms with E-state index >= 15 is 0 Å². The van der Waals surface area contributed by atoms with Gasteiger partial charge in [-0.2, -0.15) is 0 Å². The normalized spacial score (nSPS) is 18.3. The predicted octanol–water partition coefficient (Wildman–Crippen LogP) is 5.40. The van der Waals surface area contributed by atoms with Crippen molar-refractivity contribution in [1.82, 2.24) is 9.80 Å². The van der Waals surface area contributed by atoms with Crippen molar-refractivity contribution >= 4 is 29.3 Å². The molecule has 4 nitrogen and oxygen atoms in total. The molecule has 6 heteroatoms. The van der Waals surface area contributed by atoms with E-state index in [0.29, 0.717) is 35.6 Å². The van der Waals surface area contributed by atoms with E-state index in [1.54, 1.807) is 0 Å². The van der Waals surface area contributed by atoms with Crippen LogP contribution in [-0.4, -0.2) is 46.7 Å². The number of hydrogen-bond donors (Lipinski definition) is 1. The summed E-state index contributed by atoms with van der Waals surface area (Å²) < 4.78 is 0. The van der Waals surface area contributed by atoms with Crippen LogP contribution in [0.1, 0.15) is 31.0 Å². The highest BCUT2D eigenvalue weighted by Crippen LogP contribution is 2.35. The Hall–Kier alpha value is -1.75. The highest BCUT2D eigenvalue weighted by molar-refractivity contribution is 6.30. The number of hydrogen-bond acceptors (Lipinski definition) is 2. The number of piperazine rings is 1. The SMILES string of the molecule is CC(C)[C@@H]1CN(C(=O)O)CCN1C(c1ccc(Cl)cc1)c1ccc(Cl)cc1. The zero-order valence-electron chi connectivity index (χ0n) is 15.5. The van der Waals surface area contributed by atoms with E-state index in [-0.39, 0.29) is 12.1 Å². The van der Waals surface area contributed by atoms with Gasteiger partial charge in [-0.15, -0.1) is 0 Å². The summed E-state index contributed by atoms with van der Waals surface area (Å²) in [6.45, 7) is 5.96. The summed E-state index contributed by atoms with van der Waals surface area (Å²) in [5.74, 6) is 0.314. The van der Waals surface area contributed by atoms with Crippen molar-refractivity contribution in [2.75, 3.05) is 19.6 Å². The Kier molecular flexibility index (Phi) is 6.30. The van der Waals surface area contributed by atoms with Gasteiger partial charge in [0.25, 0.3) is 0 Å². The fraction of sp³-hybridized carbons (Fsp3) is 0.381. The summed E-state index contributed by atoms with van der Waals surface area (Å²) in [5.41, 5.74) is 2.27. The molecule has 0 unspecified atom stereocenters. The number of carboxylic acid groups (broad SMARTS) is 1. The lowest BCUT2D eigenvalue weighted by atomic mass is 9.91. The molecule has 1 heterocycles. The van der Waals surface area contributed by atoms with Gasteiger partial charge in [0.1, 0.15) is 0 Å². The van der Waals surface area contributed by atoms with Crippen LogP contribution in [0, 0.1) is 5.92 Å². The number of halogens is 2. The molecule has 27 heavy (non-hydrogen) atoms. The molecule has 1 aliphatic rings. The maximum atomic E-state index is 11.5. The van der Waals surface area contributed by atoms with Gasteiger partial charge in [-0.1, -0.05) is 61.3 Å². The molecule has 0 saturated carbocycles. The predicted molar refractivity (Wildman–Crippen MR) is 110 cm³/mol. The van der Waals surface area contributed by atoms with Gasteiger partial charge in [0, 0.05) is 35.7 Å². The summed E-state index contributed by atoms with van der Waals surface area (Å²) in [7, 11) is 0. The van der Waals surface area contributed by atoms with E-state index in [1.807, 2.05) is 48.5 Å².